The largest absolute Gasteiger partial charge is 0.492 e. The molecule has 0 aliphatic rings. The van der Waals surface area contributed by atoms with E-state index in [4.69, 9.17) is 4.74 Å². The van der Waals surface area contributed by atoms with Crippen molar-refractivity contribution in [2.45, 2.75) is 33.2 Å². The fourth-order valence-corrected chi connectivity index (χ4v) is 1.42. The molecule has 1 rings (SSSR count). The Balaban J connectivity index is 2.21. The molecule has 0 fully saturated rings. The molecule has 2 N–H and O–H groups in total. The molecule has 0 atom stereocenters. The minimum atomic E-state index is -0.221. The summed E-state index contributed by atoms with van der Waals surface area (Å²) in [6.07, 6.45) is 0. The summed E-state index contributed by atoms with van der Waals surface area (Å²) >= 11 is 0. The van der Waals surface area contributed by atoms with Crippen molar-refractivity contribution < 1.29 is 9.53 Å². The Morgan fingerprint density at radius 2 is 2.06 bits per heavy atom. The molecule has 2 amide bonds. The summed E-state index contributed by atoms with van der Waals surface area (Å²) in [5, 5.41) is 5.57. The number of hydrogen-bond acceptors (Lipinski definition) is 2. The second-order valence-corrected chi connectivity index (χ2v) is 5.30. The SMILES string of the molecule is Cc1cccc(OCCNC(=O)NC(C)(C)C)c1. The molecule has 1 aromatic rings. The van der Waals surface area contributed by atoms with Gasteiger partial charge >= 0.3 is 6.03 Å². The highest BCUT2D eigenvalue weighted by Gasteiger charge is 2.12. The van der Waals surface area contributed by atoms with E-state index < -0.39 is 0 Å². The average Bonchev–Trinajstić information content (AvgIpc) is 2.22. The molecule has 1 aromatic carbocycles. The standard InChI is InChI=1S/C14H22N2O2/c1-11-6-5-7-12(10-11)18-9-8-15-13(17)16-14(2,3)4/h5-7,10H,8-9H2,1-4H3,(H2,15,16,17). The zero-order chi connectivity index (χ0) is 13.6. The van der Waals surface area contributed by atoms with Crippen molar-refractivity contribution in [3.8, 4) is 5.75 Å². The molecule has 0 spiro atoms. The van der Waals surface area contributed by atoms with E-state index in [1.165, 1.54) is 0 Å². The molecule has 0 bridgehead atoms. The van der Waals surface area contributed by atoms with Crippen LogP contribution in [0.1, 0.15) is 26.3 Å². The van der Waals surface area contributed by atoms with Crippen LogP contribution in [-0.2, 0) is 0 Å². The Morgan fingerprint density at radius 3 is 2.67 bits per heavy atom. The number of carbonyl (C=O) groups is 1. The van der Waals surface area contributed by atoms with E-state index in [1.54, 1.807) is 0 Å². The van der Waals surface area contributed by atoms with Crippen molar-refractivity contribution in [2.75, 3.05) is 13.2 Å². The van der Waals surface area contributed by atoms with Gasteiger partial charge in [-0.05, 0) is 45.4 Å². The number of ether oxygens (including phenoxy) is 1. The highest BCUT2D eigenvalue weighted by atomic mass is 16.5. The van der Waals surface area contributed by atoms with Gasteiger partial charge in [0.2, 0.25) is 0 Å². The highest BCUT2D eigenvalue weighted by Crippen LogP contribution is 2.11. The second kappa shape index (κ2) is 6.28. The first-order valence-electron chi connectivity index (χ1n) is 6.12. The number of amides is 2. The Hall–Kier alpha value is -1.71. The summed E-state index contributed by atoms with van der Waals surface area (Å²) in [6, 6.07) is 7.67. The van der Waals surface area contributed by atoms with Crippen molar-refractivity contribution in [3.63, 3.8) is 0 Å². The van der Waals surface area contributed by atoms with Gasteiger partial charge in [0.1, 0.15) is 12.4 Å². The summed E-state index contributed by atoms with van der Waals surface area (Å²) in [5.74, 6) is 0.827. The molecule has 0 saturated heterocycles. The van der Waals surface area contributed by atoms with Crippen LogP contribution in [0.4, 0.5) is 4.79 Å². The van der Waals surface area contributed by atoms with Crippen LogP contribution in [0.2, 0.25) is 0 Å². The Labute approximate surface area is 109 Å². The van der Waals surface area contributed by atoms with Gasteiger partial charge in [-0.3, -0.25) is 0 Å². The third kappa shape index (κ3) is 6.13. The molecule has 0 aliphatic carbocycles. The molecule has 0 radical (unpaired) electrons. The first kappa shape index (κ1) is 14.4. The molecular weight excluding hydrogens is 228 g/mol. The monoisotopic (exact) mass is 250 g/mol. The highest BCUT2D eigenvalue weighted by molar-refractivity contribution is 5.74. The molecule has 0 heterocycles. The molecule has 100 valence electrons. The van der Waals surface area contributed by atoms with Gasteiger partial charge in [0.25, 0.3) is 0 Å². The van der Waals surface area contributed by atoms with Gasteiger partial charge in [0.15, 0.2) is 0 Å². The van der Waals surface area contributed by atoms with Crippen LogP contribution in [0.5, 0.6) is 5.75 Å². The quantitative estimate of drug-likeness (QED) is 0.807. The van der Waals surface area contributed by atoms with Gasteiger partial charge in [-0.25, -0.2) is 4.79 Å². The van der Waals surface area contributed by atoms with Crippen molar-refractivity contribution in [2.24, 2.45) is 0 Å². The van der Waals surface area contributed by atoms with E-state index in [0.29, 0.717) is 13.2 Å². The van der Waals surface area contributed by atoms with Crippen molar-refractivity contribution in [1.82, 2.24) is 10.6 Å². The van der Waals surface area contributed by atoms with Crippen LogP contribution >= 0.6 is 0 Å². The second-order valence-electron chi connectivity index (χ2n) is 5.30. The van der Waals surface area contributed by atoms with E-state index in [9.17, 15) is 4.79 Å². The number of hydrogen-bond donors (Lipinski definition) is 2. The molecule has 0 aliphatic heterocycles. The Kier molecular flexibility index (Phi) is 5.01. The summed E-state index contributed by atoms with van der Waals surface area (Å²) in [7, 11) is 0. The molecule has 0 aromatic heterocycles. The summed E-state index contributed by atoms with van der Waals surface area (Å²) in [6.45, 7) is 8.78. The summed E-state index contributed by atoms with van der Waals surface area (Å²) in [4.78, 5) is 11.4. The molecule has 0 saturated carbocycles. The normalized spacial score (nSPS) is 10.9. The maximum atomic E-state index is 11.4. The smallest absolute Gasteiger partial charge is 0.315 e. The number of rotatable bonds is 4. The zero-order valence-electron chi connectivity index (χ0n) is 11.5. The third-order valence-electron chi connectivity index (χ3n) is 2.13. The van der Waals surface area contributed by atoms with Crippen LogP contribution in [0.3, 0.4) is 0 Å². The first-order valence-corrected chi connectivity index (χ1v) is 6.12. The van der Waals surface area contributed by atoms with Gasteiger partial charge in [-0.1, -0.05) is 12.1 Å². The summed E-state index contributed by atoms with van der Waals surface area (Å²) in [5.41, 5.74) is 0.938. The van der Waals surface area contributed by atoms with Crippen LogP contribution in [-0.4, -0.2) is 24.7 Å². The fraction of sp³-hybridized carbons (Fsp3) is 0.500. The molecule has 4 nitrogen and oxygen atoms in total. The maximum Gasteiger partial charge on any atom is 0.315 e. The number of urea groups is 1. The lowest BCUT2D eigenvalue weighted by molar-refractivity contribution is 0.228. The van der Waals surface area contributed by atoms with E-state index in [1.807, 2.05) is 52.0 Å². The van der Waals surface area contributed by atoms with Gasteiger partial charge in [-0.2, -0.15) is 0 Å². The van der Waals surface area contributed by atoms with Crippen molar-refractivity contribution >= 4 is 6.03 Å². The van der Waals surface area contributed by atoms with Gasteiger partial charge in [0, 0.05) is 5.54 Å². The van der Waals surface area contributed by atoms with Crippen LogP contribution in [0.15, 0.2) is 24.3 Å². The van der Waals surface area contributed by atoms with Crippen molar-refractivity contribution in [3.05, 3.63) is 29.8 Å². The van der Waals surface area contributed by atoms with Crippen LogP contribution in [0, 0.1) is 6.92 Å². The number of aryl methyl sites for hydroxylation is 1. The zero-order valence-corrected chi connectivity index (χ0v) is 11.5. The summed E-state index contributed by atoms with van der Waals surface area (Å²) < 4.78 is 5.52. The molecule has 18 heavy (non-hydrogen) atoms. The first-order chi connectivity index (χ1) is 8.37. The third-order valence-corrected chi connectivity index (χ3v) is 2.13. The predicted molar refractivity (Wildman–Crippen MR) is 73.0 cm³/mol. The minimum absolute atomic E-state index is 0.171. The minimum Gasteiger partial charge on any atom is -0.492 e. The lowest BCUT2D eigenvalue weighted by atomic mass is 10.1. The maximum absolute atomic E-state index is 11.4. The van der Waals surface area contributed by atoms with Crippen molar-refractivity contribution in [1.29, 1.82) is 0 Å². The van der Waals surface area contributed by atoms with Gasteiger partial charge < -0.3 is 15.4 Å². The molecule has 0 unspecified atom stereocenters. The lowest BCUT2D eigenvalue weighted by Gasteiger charge is -2.20. The lowest BCUT2D eigenvalue weighted by Crippen LogP contribution is -2.47. The van der Waals surface area contributed by atoms with Gasteiger partial charge in [-0.15, -0.1) is 0 Å². The topological polar surface area (TPSA) is 50.4 Å². The number of carbonyl (C=O) groups excluding carboxylic acids is 1. The number of benzene rings is 1. The van der Waals surface area contributed by atoms with E-state index in [0.717, 1.165) is 11.3 Å². The van der Waals surface area contributed by atoms with Crippen LogP contribution in [0.25, 0.3) is 0 Å². The fourth-order valence-electron chi connectivity index (χ4n) is 1.42. The average molecular weight is 250 g/mol. The van der Waals surface area contributed by atoms with E-state index in [-0.39, 0.29) is 11.6 Å². The van der Waals surface area contributed by atoms with Crippen LogP contribution < -0.4 is 15.4 Å². The van der Waals surface area contributed by atoms with Gasteiger partial charge in [0.05, 0.1) is 6.54 Å². The molecule has 4 heteroatoms. The Bertz CT molecular complexity index is 397. The Morgan fingerprint density at radius 1 is 1.33 bits per heavy atom. The molecular formula is C14H22N2O2. The van der Waals surface area contributed by atoms with E-state index in [2.05, 4.69) is 10.6 Å². The number of nitrogens with one attached hydrogen (secondary N) is 2. The van der Waals surface area contributed by atoms with E-state index >= 15 is 0 Å². The predicted octanol–water partition coefficient (Wildman–Crippen LogP) is 2.47.